The van der Waals surface area contributed by atoms with Gasteiger partial charge >= 0.3 is 0 Å². The molecule has 122 valence electrons. The van der Waals surface area contributed by atoms with Gasteiger partial charge in [0, 0.05) is 11.9 Å². The van der Waals surface area contributed by atoms with Gasteiger partial charge in [-0.15, -0.1) is 5.10 Å². The number of hydrogen-bond acceptors (Lipinski definition) is 3. The maximum Gasteiger partial charge on any atom is 0.249 e. The molecule has 0 aliphatic rings. The van der Waals surface area contributed by atoms with Crippen molar-refractivity contribution in [1.29, 1.82) is 0 Å². The van der Waals surface area contributed by atoms with Gasteiger partial charge in [-0.2, -0.15) is 0 Å². The molecule has 24 heavy (non-hydrogen) atoms. The number of rotatable bonds is 5. The molecule has 1 aromatic heterocycles. The van der Waals surface area contributed by atoms with E-state index in [-0.39, 0.29) is 17.9 Å². The highest BCUT2D eigenvalue weighted by Gasteiger charge is 2.24. The van der Waals surface area contributed by atoms with Crippen molar-refractivity contribution in [3.63, 3.8) is 0 Å². The Labute approximate surface area is 141 Å². The number of benzene rings is 2. The zero-order valence-electron chi connectivity index (χ0n) is 13.8. The molecular weight excluding hydrogens is 300 g/mol. The SMILES string of the molecule is CC(C)C(C(=O)Nc1ccc(-c2ccccc2)cc1)n1ccnn1. The first-order chi connectivity index (χ1) is 11.6. The van der Waals surface area contributed by atoms with Crippen molar-refractivity contribution in [2.75, 3.05) is 5.32 Å². The van der Waals surface area contributed by atoms with E-state index in [1.807, 2.05) is 56.3 Å². The molecule has 1 N–H and O–H groups in total. The first-order valence-corrected chi connectivity index (χ1v) is 7.97. The lowest BCUT2D eigenvalue weighted by Crippen LogP contribution is -2.30. The van der Waals surface area contributed by atoms with E-state index in [2.05, 4.69) is 27.8 Å². The van der Waals surface area contributed by atoms with E-state index in [9.17, 15) is 4.79 Å². The Morgan fingerprint density at radius 1 is 1.00 bits per heavy atom. The van der Waals surface area contributed by atoms with Gasteiger partial charge in [0.2, 0.25) is 5.91 Å². The second kappa shape index (κ2) is 7.08. The van der Waals surface area contributed by atoms with E-state index < -0.39 is 0 Å². The summed E-state index contributed by atoms with van der Waals surface area (Å²) in [7, 11) is 0. The van der Waals surface area contributed by atoms with Crippen molar-refractivity contribution in [3.8, 4) is 11.1 Å². The summed E-state index contributed by atoms with van der Waals surface area (Å²) in [4.78, 5) is 12.6. The van der Waals surface area contributed by atoms with Crippen LogP contribution < -0.4 is 5.32 Å². The zero-order chi connectivity index (χ0) is 16.9. The van der Waals surface area contributed by atoms with Crippen molar-refractivity contribution in [2.45, 2.75) is 19.9 Å². The maximum absolute atomic E-state index is 12.6. The van der Waals surface area contributed by atoms with E-state index in [1.54, 1.807) is 17.1 Å². The molecule has 0 saturated heterocycles. The average Bonchev–Trinajstić information content (AvgIpc) is 3.10. The Kier molecular flexibility index (Phi) is 4.70. The second-order valence-electron chi connectivity index (χ2n) is 6.00. The van der Waals surface area contributed by atoms with Gasteiger partial charge in [0.1, 0.15) is 6.04 Å². The van der Waals surface area contributed by atoms with E-state index in [0.29, 0.717) is 0 Å². The van der Waals surface area contributed by atoms with E-state index >= 15 is 0 Å². The smallest absolute Gasteiger partial charge is 0.249 e. The van der Waals surface area contributed by atoms with Crippen LogP contribution in [-0.2, 0) is 4.79 Å². The van der Waals surface area contributed by atoms with Gasteiger partial charge in [-0.3, -0.25) is 4.79 Å². The molecular formula is C19H20N4O. The molecule has 2 aromatic carbocycles. The van der Waals surface area contributed by atoms with Crippen molar-refractivity contribution < 1.29 is 4.79 Å². The molecule has 0 radical (unpaired) electrons. The first-order valence-electron chi connectivity index (χ1n) is 7.97. The Morgan fingerprint density at radius 2 is 1.67 bits per heavy atom. The minimum Gasteiger partial charge on any atom is -0.324 e. The Hall–Kier alpha value is -2.95. The summed E-state index contributed by atoms with van der Waals surface area (Å²) in [6, 6.07) is 17.6. The van der Waals surface area contributed by atoms with E-state index in [4.69, 9.17) is 0 Å². The van der Waals surface area contributed by atoms with Crippen molar-refractivity contribution in [3.05, 3.63) is 67.0 Å². The fourth-order valence-corrected chi connectivity index (χ4v) is 2.69. The predicted molar refractivity (Wildman–Crippen MR) is 94.4 cm³/mol. The molecule has 3 aromatic rings. The van der Waals surface area contributed by atoms with Crippen molar-refractivity contribution in [1.82, 2.24) is 15.0 Å². The summed E-state index contributed by atoms with van der Waals surface area (Å²) in [6.07, 6.45) is 3.29. The number of carbonyl (C=O) groups excluding carboxylic acids is 1. The molecule has 1 atom stereocenters. The summed E-state index contributed by atoms with van der Waals surface area (Å²) >= 11 is 0. The third-order valence-electron chi connectivity index (χ3n) is 3.89. The van der Waals surface area contributed by atoms with Gasteiger partial charge in [-0.05, 0) is 29.2 Å². The Balaban J connectivity index is 1.74. The van der Waals surface area contributed by atoms with Crippen LogP contribution in [0.3, 0.4) is 0 Å². The molecule has 1 heterocycles. The lowest BCUT2D eigenvalue weighted by molar-refractivity contribution is -0.120. The topological polar surface area (TPSA) is 59.8 Å². The minimum absolute atomic E-state index is 0.0945. The molecule has 3 rings (SSSR count). The number of aromatic nitrogens is 3. The third kappa shape index (κ3) is 3.51. The van der Waals surface area contributed by atoms with Gasteiger partial charge in [0.05, 0.1) is 6.20 Å². The van der Waals surface area contributed by atoms with Crippen LogP contribution in [0, 0.1) is 5.92 Å². The molecule has 1 unspecified atom stereocenters. The lowest BCUT2D eigenvalue weighted by Gasteiger charge is -2.20. The first kappa shape index (κ1) is 15.9. The number of carbonyl (C=O) groups is 1. The number of hydrogen-bond donors (Lipinski definition) is 1. The predicted octanol–water partition coefficient (Wildman–Crippen LogP) is 3.78. The Bertz CT molecular complexity index is 780. The molecule has 1 amide bonds. The van der Waals surface area contributed by atoms with Crippen LogP contribution in [0.2, 0.25) is 0 Å². The quantitative estimate of drug-likeness (QED) is 0.778. The summed E-state index contributed by atoms with van der Waals surface area (Å²) in [6.45, 7) is 3.98. The van der Waals surface area contributed by atoms with Crippen LogP contribution in [-0.4, -0.2) is 20.9 Å². The molecule has 0 spiro atoms. The second-order valence-corrected chi connectivity index (χ2v) is 6.00. The fraction of sp³-hybridized carbons (Fsp3) is 0.211. The molecule has 5 nitrogen and oxygen atoms in total. The molecule has 0 aliphatic heterocycles. The summed E-state index contributed by atoms with van der Waals surface area (Å²) in [5.74, 6) is 0.0123. The third-order valence-corrected chi connectivity index (χ3v) is 3.89. The van der Waals surface area contributed by atoms with Crippen LogP contribution >= 0.6 is 0 Å². The standard InChI is InChI=1S/C19H20N4O/c1-14(2)18(23-13-12-20-22-23)19(24)21-17-10-8-16(9-11-17)15-6-4-3-5-7-15/h3-14,18H,1-2H3,(H,21,24). The molecule has 0 bridgehead atoms. The maximum atomic E-state index is 12.6. The fourth-order valence-electron chi connectivity index (χ4n) is 2.69. The summed E-state index contributed by atoms with van der Waals surface area (Å²) in [5, 5.41) is 10.7. The molecule has 0 aliphatic carbocycles. The minimum atomic E-state index is -0.388. The van der Waals surface area contributed by atoms with Crippen LogP contribution in [0.15, 0.2) is 67.0 Å². The average molecular weight is 320 g/mol. The number of nitrogens with one attached hydrogen (secondary N) is 1. The van der Waals surface area contributed by atoms with Crippen molar-refractivity contribution in [2.24, 2.45) is 5.92 Å². The molecule has 5 heteroatoms. The van der Waals surface area contributed by atoms with Crippen LogP contribution in [0.4, 0.5) is 5.69 Å². The molecule has 0 saturated carbocycles. The molecule has 0 fully saturated rings. The number of nitrogens with zero attached hydrogens (tertiary/aromatic N) is 3. The summed E-state index contributed by atoms with van der Waals surface area (Å²) < 4.78 is 1.60. The number of anilines is 1. The van der Waals surface area contributed by atoms with E-state index in [1.165, 1.54) is 0 Å². The van der Waals surface area contributed by atoms with Gasteiger partial charge in [0.15, 0.2) is 0 Å². The summed E-state index contributed by atoms with van der Waals surface area (Å²) in [5.41, 5.74) is 3.04. The van der Waals surface area contributed by atoms with E-state index in [0.717, 1.165) is 16.8 Å². The monoisotopic (exact) mass is 320 g/mol. The van der Waals surface area contributed by atoms with Crippen LogP contribution in [0.1, 0.15) is 19.9 Å². The number of amides is 1. The van der Waals surface area contributed by atoms with Crippen LogP contribution in [0.25, 0.3) is 11.1 Å². The van der Waals surface area contributed by atoms with Crippen LogP contribution in [0.5, 0.6) is 0 Å². The normalized spacial score (nSPS) is 12.1. The van der Waals surface area contributed by atoms with Gasteiger partial charge in [-0.25, -0.2) is 4.68 Å². The Morgan fingerprint density at radius 3 is 2.25 bits per heavy atom. The highest BCUT2D eigenvalue weighted by atomic mass is 16.2. The van der Waals surface area contributed by atoms with Gasteiger partial charge in [0.25, 0.3) is 0 Å². The van der Waals surface area contributed by atoms with Gasteiger partial charge in [-0.1, -0.05) is 61.5 Å². The van der Waals surface area contributed by atoms with Gasteiger partial charge < -0.3 is 5.32 Å². The highest BCUT2D eigenvalue weighted by molar-refractivity contribution is 5.94. The highest BCUT2D eigenvalue weighted by Crippen LogP contribution is 2.23. The largest absolute Gasteiger partial charge is 0.324 e. The van der Waals surface area contributed by atoms with Crippen molar-refractivity contribution >= 4 is 11.6 Å². The zero-order valence-corrected chi connectivity index (χ0v) is 13.8. The lowest BCUT2D eigenvalue weighted by atomic mass is 10.0.